The highest BCUT2D eigenvalue weighted by Gasteiger charge is 2.06. The van der Waals surface area contributed by atoms with E-state index in [0.717, 1.165) is 11.5 Å². The summed E-state index contributed by atoms with van der Waals surface area (Å²) in [5.74, 6) is 0.517. The van der Waals surface area contributed by atoms with Crippen molar-refractivity contribution in [3.8, 4) is 0 Å². The third kappa shape index (κ3) is 4.58. The molecule has 0 saturated heterocycles. The van der Waals surface area contributed by atoms with E-state index >= 15 is 0 Å². The van der Waals surface area contributed by atoms with Crippen LogP contribution in [0.2, 0.25) is 5.02 Å². The molecule has 2 aromatic carbocycles. The number of nitrogens with one attached hydrogen (secondary N) is 2. The third-order valence-electron chi connectivity index (χ3n) is 3.62. The van der Waals surface area contributed by atoms with Crippen molar-refractivity contribution in [1.82, 2.24) is 4.98 Å². The molecule has 25 heavy (non-hydrogen) atoms. The quantitative estimate of drug-likeness (QED) is 0.666. The first-order valence-electron chi connectivity index (χ1n) is 7.88. The zero-order valence-electron chi connectivity index (χ0n) is 14.0. The number of aryl methyl sites for hydroxylation is 2. The highest BCUT2D eigenvalue weighted by atomic mass is 35.5. The summed E-state index contributed by atoms with van der Waals surface area (Å²) < 4.78 is 0. The largest absolute Gasteiger partial charge is 0.340 e. The Morgan fingerprint density at radius 3 is 2.20 bits per heavy atom. The van der Waals surface area contributed by atoms with Gasteiger partial charge < -0.3 is 10.6 Å². The van der Waals surface area contributed by atoms with Crippen LogP contribution in [-0.2, 0) is 0 Å². The van der Waals surface area contributed by atoms with E-state index in [1.807, 2.05) is 12.1 Å². The van der Waals surface area contributed by atoms with E-state index in [1.54, 1.807) is 30.5 Å². The molecule has 0 atom stereocenters. The fourth-order valence-electron chi connectivity index (χ4n) is 2.54. The number of halogens is 1. The summed E-state index contributed by atoms with van der Waals surface area (Å²) >= 11 is 5.83. The van der Waals surface area contributed by atoms with Gasteiger partial charge in [0.1, 0.15) is 5.82 Å². The fourth-order valence-corrected chi connectivity index (χ4v) is 2.67. The van der Waals surface area contributed by atoms with Crippen LogP contribution in [0.5, 0.6) is 0 Å². The van der Waals surface area contributed by atoms with Gasteiger partial charge in [-0.1, -0.05) is 17.7 Å². The highest BCUT2D eigenvalue weighted by molar-refractivity contribution is 6.30. The molecule has 2 N–H and O–H groups in total. The van der Waals surface area contributed by atoms with Crippen molar-refractivity contribution in [3.63, 3.8) is 0 Å². The Balaban J connectivity index is 1.67. The fraction of sp³-hybridized carbons (Fsp3) is 0.100. The topological polar surface area (TPSA) is 54.0 Å². The number of carbonyl (C=O) groups excluding carboxylic acids is 1. The molecule has 5 heteroatoms. The van der Waals surface area contributed by atoms with Crippen LogP contribution in [0.4, 0.5) is 17.2 Å². The van der Waals surface area contributed by atoms with Crippen molar-refractivity contribution in [2.75, 3.05) is 10.6 Å². The summed E-state index contributed by atoms with van der Waals surface area (Å²) in [6.45, 7) is 4.11. The lowest BCUT2D eigenvalue weighted by molar-refractivity contribution is 0.102. The van der Waals surface area contributed by atoms with E-state index in [4.69, 9.17) is 11.6 Å². The molecule has 0 spiro atoms. The molecule has 1 amide bonds. The molecule has 1 heterocycles. The van der Waals surface area contributed by atoms with Gasteiger partial charge in [-0.25, -0.2) is 4.98 Å². The minimum Gasteiger partial charge on any atom is -0.340 e. The zero-order valence-corrected chi connectivity index (χ0v) is 14.8. The Morgan fingerprint density at radius 2 is 1.60 bits per heavy atom. The maximum Gasteiger partial charge on any atom is 0.255 e. The molecule has 0 aliphatic rings. The monoisotopic (exact) mass is 351 g/mol. The lowest BCUT2D eigenvalue weighted by Gasteiger charge is -2.09. The van der Waals surface area contributed by atoms with E-state index < -0.39 is 0 Å². The molecule has 0 radical (unpaired) electrons. The third-order valence-corrected chi connectivity index (χ3v) is 3.87. The van der Waals surface area contributed by atoms with E-state index in [9.17, 15) is 4.79 Å². The predicted octanol–water partition coefficient (Wildman–Crippen LogP) is 5.35. The van der Waals surface area contributed by atoms with Crippen LogP contribution in [0.1, 0.15) is 21.5 Å². The maximum absolute atomic E-state index is 12.2. The molecule has 126 valence electrons. The molecule has 0 saturated carbocycles. The van der Waals surface area contributed by atoms with Crippen molar-refractivity contribution < 1.29 is 4.79 Å². The van der Waals surface area contributed by atoms with Gasteiger partial charge in [-0.3, -0.25) is 4.79 Å². The molecule has 0 bridgehead atoms. The zero-order chi connectivity index (χ0) is 17.8. The smallest absolute Gasteiger partial charge is 0.255 e. The van der Waals surface area contributed by atoms with Crippen molar-refractivity contribution in [3.05, 3.63) is 82.5 Å². The molecule has 0 unspecified atom stereocenters. The molecule has 3 aromatic rings. The van der Waals surface area contributed by atoms with Gasteiger partial charge in [-0.05, 0) is 73.5 Å². The van der Waals surface area contributed by atoms with Gasteiger partial charge in [0, 0.05) is 16.3 Å². The number of rotatable bonds is 4. The van der Waals surface area contributed by atoms with Crippen LogP contribution in [0, 0.1) is 13.8 Å². The molecule has 0 fully saturated rings. The first-order valence-corrected chi connectivity index (χ1v) is 8.26. The normalized spacial score (nSPS) is 10.4. The number of aromatic nitrogens is 1. The summed E-state index contributed by atoms with van der Waals surface area (Å²) in [5.41, 5.74) is 4.54. The van der Waals surface area contributed by atoms with E-state index in [-0.39, 0.29) is 5.91 Å². The van der Waals surface area contributed by atoms with Crippen molar-refractivity contribution in [2.24, 2.45) is 0 Å². The second-order valence-corrected chi connectivity index (χ2v) is 6.33. The Morgan fingerprint density at radius 1 is 0.920 bits per heavy atom. The summed E-state index contributed by atoms with van der Waals surface area (Å²) in [7, 11) is 0. The summed E-state index contributed by atoms with van der Waals surface area (Å²) in [4.78, 5) is 16.5. The van der Waals surface area contributed by atoms with Gasteiger partial charge in [-0.2, -0.15) is 0 Å². The lowest BCUT2D eigenvalue weighted by atomic mass is 10.1. The van der Waals surface area contributed by atoms with Crippen molar-refractivity contribution in [1.29, 1.82) is 0 Å². The Hall–Kier alpha value is -2.85. The highest BCUT2D eigenvalue weighted by Crippen LogP contribution is 2.19. The van der Waals surface area contributed by atoms with Crippen molar-refractivity contribution >= 4 is 34.7 Å². The Bertz CT molecular complexity index is 870. The average molecular weight is 352 g/mol. The van der Waals surface area contributed by atoms with E-state index in [0.29, 0.717) is 16.3 Å². The standard InChI is InChI=1S/C20H18ClN3O/c1-13-9-14(2)11-18(10-13)23-19-8-7-17(12-22-19)24-20(25)15-3-5-16(21)6-4-15/h3-12H,1-2H3,(H,22,23)(H,24,25). The number of hydrogen-bond acceptors (Lipinski definition) is 3. The predicted molar refractivity (Wildman–Crippen MR) is 103 cm³/mol. The lowest BCUT2D eigenvalue weighted by Crippen LogP contribution is -2.11. The molecule has 0 aliphatic carbocycles. The van der Waals surface area contributed by atoms with Crippen LogP contribution in [0.3, 0.4) is 0 Å². The first-order chi connectivity index (χ1) is 12.0. The van der Waals surface area contributed by atoms with Gasteiger partial charge in [0.25, 0.3) is 5.91 Å². The number of benzene rings is 2. The van der Waals surface area contributed by atoms with Gasteiger partial charge in [-0.15, -0.1) is 0 Å². The number of pyridine rings is 1. The van der Waals surface area contributed by atoms with E-state index in [2.05, 4.69) is 47.7 Å². The van der Waals surface area contributed by atoms with Gasteiger partial charge in [0.05, 0.1) is 11.9 Å². The van der Waals surface area contributed by atoms with Gasteiger partial charge in [0.15, 0.2) is 0 Å². The Labute approximate surface area is 151 Å². The van der Waals surface area contributed by atoms with Crippen LogP contribution >= 0.6 is 11.6 Å². The SMILES string of the molecule is Cc1cc(C)cc(Nc2ccc(NC(=O)c3ccc(Cl)cc3)cn2)c1. The molecular formula is C20H18ClN3O. The molecule has 3 rings (SSSR count). The minimum absolute atomic E-state index is 0.200. The van der Waals surface area contributed by atoms with Gasteiger partial charge in [0.2, 0.25) is 0 Å². The first kappa shape index (κ1) is 17.0. The average Bonchev–Trinajstić information content (AvgIpc) is 2.56. The van der Waals surface area contributed by atoms with Crippen molar-refractivity contribution in [2.45, 2.75) is 13.8 Å². The second-order valence-electron chi connectivity index (χ2n) is 5.89. The van der Waals surface area contributed by atoms with Crippen LogP contribution < -0.4 is 10.6 Å². The summed E-state index contributed by atoms with van der Waals surface area (Å²) in [6, 6.07) is 16.6. The molecular weight excluding hydrogens is 334 g/mol. The second kappa shape index (κ2) is 7.36. The molecule has 4 nitrogen and oxygen atoms in total. The number of hydrogen-bond donors (Lipinski definition) is 2. The number of nitrogens with zero attached hydrogens (tertiary/aromatic N) is 1. The Kier molecular flexibility index (Phi) is 5.00. The van der Waals surface area contributed by atoms with Crippen LogP contribution in [-0.4, -0.2) is 10.9 Å². The van der Waals surface area contributed by atoms with Gasteiger partial charge >= 0.3 is 0 Å². The van der Waals surface area contributed by atoms with Crippen LogP contribution in [0.25, 0.3) is 0 Å². The number of anilines is 3. The maximum atomic E-state index is 12.2. The number of amides is 1. The van der Waals surface area contributed by atoms with Crippen LogP contribution in [0.15, 0.2) is 60.8 Å². The molecule has 1 aromatic heterocycles. The van der Waals surface area contributed by atoms with E-state index in [1.165, 1.54) is 11.1 Å². The molecule has 0 aliphatic heterocycles. The summed E-state index contributed by atoms with van der Waals surface area (Å²) in [6.07, 6.45) is 1.62. The number of carbonyl (C=O) groups is 1. The summed E-state index contributed by atoms with van der Waals surface area (Å²) in [5, 5.41) is 6.68. The minimum atomic E-state index is -0.200.